The number of hydrogen-bond acceptors (Lipinski definition) is 0. The number of fused-ring (bicyclic) bond motifs is 1. The Morgan fingerprint density at radius 3 is 1.93 bits per heavy atom. The summed E-state index contributed by atoms with van der Waals surface area (Å²) in [5.74, 6) is 0. The number of aromatic nitrogens is 1. The number of aryl methyl sites for hydroxylation is 2. The maximum absolute atomic E-state index is 2.18. The first-order valence-electron chi connectivity index (χ1n) is 5.81. The fraction of sp³-hybridized carbons (Fsp3) is 0.429. The van der Waals surface area contributed by atoms with Crippen LogP contribution >= 0.6 is 0 Å². The van der Waals surface area contributed by atoms with Crippen LogP contribution in [-0.4, -0.2) is 4.40 Å². The Bertz CT molecular complexity index is 385. The zero-order chi connectivity index (χ0) is 11.8. The predicted octanol–water partition coefficient (Wildman–Crippen LogP) is 4.61. The molecule has 1 heteroatoms. The monoisotopic (exact) mass is 205 g/mol. The van der Waals surface area contributed by atoms with Crippen LogP contribution in [0.1, 0.15) is 38.8 Å². The van der Waals surface area contributed by atoms with Gasteiger partial charge in [0.15, 0.2) is 0 Å². The lowest BCUT2D eigenvalue weighted by molar-refractivity contribution is 1.16. The van der Waals surface area contributed by atoms with E-state index in [9.17, 15) is 0 Å². The van der Waals surface area contributed by atoms with E-state index in [1.54, 1.807) is 0 Å². The van der Waals surface area contributed by atoms with Gasteiger partial charge >= 0.3 is 0 Å². The molecule has 0 aliphatic rings. The molecule has 2 aromatic rings. The van der Waals surface area contributed by atoms with Gasteiger partial charge in [0.05, 0.1) is 0 Å². The lowest BCUT2D eigenvalue weighted by Crippen LogP contribution is -1.81. The van der Waals surface area contributed by atoms with Crippen molar-refractivity contribution in [2.24, 2.45) is 0 Å². The molecule has 84 valence electrons. The van der Waals surface area contributed by atoms with Gasteiger partial charge in [-0.2, -0.15) is 0 Å². The average Bonchev–Trinajstić information content (AvgIpc) is 2.63. The summed E-state index contributed by atoms with van der Waals surface area (Å²) >= 11 is 0. The van der Waals surface area contributed by atoms with Crippen LogP contribution in [0.5, 0.6) is 0 Å². The van der Waals surface area contributed by atoms with Crippen molar-refractivity contribution >= 4 is 5.52 Å². The Kier molecular flexibility index (Phi) is 6.52. The van der Waals surface area contributed by atoms with Gasteiger partial charge in [-0.1, -0.05) is 33.8 Å². The molecule has 1 nitrogen and oxygen atoms in total. The molecular formula is C14H23N. The van der Waals surface area contributed by atoms with E-state index in [4.69, 9.17) is 0 Å². The molecule has 0 unspecified atom stereocenters. The van der Waals surface area contributed by atoms with Crippen molar-refractivity contribution in [3.63, 3.8) is 0 Å². The third-order valence-corrected chi connectivity index (χ3v) is 1.88. The summed E-state index contributed by atoms with van der Waals surface area (Å²) in [6, 6.07) is 6.45. The number of nitrogens with zero attached hydrogens (tertiary/aromatic N) is 1. The normalized spacial score (nSPS) is 8.67. The Morgan fingerprint density at radius 2 is 1.33 bits per heavy atom. The van der Waals surface area contributed by atoms with Crippen LogP contribution < -0.4 is 0 Å². The number of rotatable bonds is 0. The fourth-order valence-electron chi connectivity index (χ4n) is 1.36. The van der Waals surface area contributed by atoms with Gasteiger partial charge in [0.1, 0.15) is 0 Å². The number of pyridine rings is 1. The first kappa shape index (κ1) is 13.8. The van der Waals surface area contributed by atoms with Crippen LogP contribution in [0.25, 0.3) is 5.52 Å². The van der Waals surface area contributed by atoms with Crippen LogP contribution in [0.2, 0.25) is 0 Å². The first-order valence-corrected chi connectivity index (χ1v) is 5.81. The van der Waals surface area contributed by atoms with E-state index >= 15 is 0 Å². The first-order chi connectivity index (χ1) is 7.25. The zero-order valence-corrected chi connectivity index (χ0v) is 10.8. The van der Waals surface area contributed by atoms with Crippen LogP contribution in [0, 0.1) is 13.8 Å². The molecule has 0 aliphatic heterocycles. The maximum Gasteiger partial charge on any atom is 0.0452 e. The molecular weight excluding hydrogens is 182 g/mol. The van der Waals surface area contributed by atoms with E-state index < -0.39 is 0 Å². The van der Waals surface area contributed by atoms with Crippen molar-refractivity contribution in [2.75, 3.05) is 0 Å². The minimum Gasteiger partial charge on any atom is -0.323 e. The third kappa shape index (κ3) is 3.78. The lowest BCUT2D eigenvalue weighted by atomic mass is 10.3. The average molecular weight is 205 g/mol. The Labute approximate surface area is 93.8 Å². The second kappa shape index (κ2) is 7.10. The summed E-state index contributed by atoms with van der Waals surface area (Å²) in [6.07, 6.45) is 4.28. The van der Waals surface area contributed by atoms with Crippen LogP contribution in [0.15, 0.2) is 30.6 Å². The molecule has 0 fully saturated rings. The molecule has 2 rings (SSSR count). The van der Waals surface area contributed by atoms with Crippen molar-refractivity contribution in [3.8, 4) is 0 Å². The van der Waals surface area contributed by atoms with E-state index in [0.29, 0.717) is 0 Å². The molecule has 0 bridgehead atoms. The molecule has 2 heterocycles. The summed E-state index contributed by atoms with van der Waals surface area (Å²) in [5, 5.41) is 0. The minimum atomic E-state index is 1.27. The molecule has 0 N–H and O–H groups in total. The summed E-state index contributed by atoms with van der Waals surface area (Å²) in [4.78, 5) is 0. The van der Waals surface area contributed by atoms with Crippen molar-refractivity contribution in [1.29, 1.82) is 0 Å². The minimum absolute atomic E-state index is 1.27. The quantitative estimate of drug-likeness (QED) is 0.591. The molecule has 0 saturated heterocycles. The zero-order valence-electron chi connectivity index (χ0n) is 10.8. The smallest absolute Gasteiger partial charge is 0.0452 e. The highest BCUT2D eigenvalue weighted by Crippen LogP contribution is 2.09. The maximum atomic E-state index is 2.18. The second-order valence-electron chi connectivity index (χ2n) is 3.06. The molecule has 0 aromatic carbocycles. The largest absolute Gasteiger partial charge is 0.323 e. The Morgan fingerprint density at radius 1 is 0.800 bits per heavy atom. The van der Waals surface area contributed by atoms with E-state index in [1.807, 2.05) is 27.7 Å². The molecule has 0 radical (unpaired) electrons. The molecule has 0 saturated carbocycles. The van der Waals surface area contributed by atoms with Gasteiger partial charge < -0.3 is 4.40 Å². The summed E-state index contributed by atoms with van der Waals surface area (Å²) in [5.41, 5.74) is 3.89. The molecule has 0 atom stereocenters. The predicted molar refractivity (Wildman–Crippen MR) is 69.6 cm³/mol. The van der Waals surface area contributed by atoms with Gasteiger partial charge in [-0.3, -0.25) is 0 Å². The summed E-state index contributed by atoms with van der Waals surface area (Å²) in [6.45, 7) is 12.2. The van der Waals surface area contributed by atoms with Gasteiger partial charge in [0, 0.05) is 17.9 Å². The van der Waals surface area contributed by atoms with Crippen molar-refractivity contribution in [3.05, 3.63) is 41.7 Å². The van der Waals surface area contributed by atoms with Gasteiger partial charge in [0.25, 0.3) is 0 Å². The van der Waals surface area contributed by atoms with Gasteiger partial charge in [0.2, 0.25) is 0 Å². The number of hydrogen-bond donors (Lipinski definition) is 0. The fourth-order valence-corrected chi connectivity index (χ4v) is 1.36. The van der Waals surface area contributed by atoms with Crippen LogP contribution in [0.3, 0.4) is 0 Å². The molecule has 0 aliphatic carbocycles. The van der Waals surface area contributed by atoms with E-state index in [2.05, 4.69) is 48.8 Å². The van der Waals surface area contributed by atoms with E-state index in [0.717, 1.165) is 0 Å². The molecule has 2 aromatic heterocycles. The standard InChI is InChI=1S/C10H11N.2C2H6/c1-8-3-4-10-5-9(2)7-11(10)6-8;2*1-2/h3-7H,1-2H3;2*1-2H3. The topological polar surface area (TPSA) is 4.41 Å². The summed E-state index contributed by atoms with van der Waals surface area (Å²) in [7, 11) is 0. The van der Waals surface area contributed by atoms with E-state index in [-0.39, 0.29) is 0 Å². The molecule has 15 heavy (non-hydrogen) atoms. The van der Waals surface area contributed by atoms with Crippen molar-refractivity contribution in [1.82, 2.24) is 4.40 Å². The summed E-state index contributed by atoms with van der Waals surface area (Å²) < 4.78 is 2.16. The second-order valence-corrected chi connectivity index (χ2v) is 3.06. The van der Waals surface area contributed by atoms with Gasteiger partial charge in [-0.25, -0.2) is 0 Å². The molecule has 0 spiro atoms. The van der Waals surface area contributed by atoms with Gasteiger partial charge in [-0.15, -0.1) is 0 Å². The Balaban J connectivity index is 0.000000442. The third-order valence-electron chi connectivity index (χ3n) is 1.88. The molecule has 0 amide bonds. The highest BCUT2D eigenvalue weighted by molar-refractivity contribution is 5.50. The highest BCUT2D eigenvalue weighted by Gasteiger charge is 1.93. The van der Waals surface area contributed by atoms with Crippen LogP contribution in [-0.2, 0) is 0 Å². The van der Waals surface area contributed by atoms with Crippen LogP contribution in [0.4, 0.5) is 0 Å². The SMILES string of the molecule is CC.CC.Cc1ccc2cc(C)cn2c1. The van der Waals surface area contributed by atoms with Gasteiger partial charge in [-0.05, 0) is 37.1 Å². The highest BCUT2D eigenvalue weighted by atomic mass is 14.8. The van der Waals surface area contributed by atoms with Crippen molar-refractivity contribution < 1.29 is 0 Å². The Hall–Kier alpha value is -1.24. The lowest BCUT2D eigenvalue weighted by Gasteiger charge is -1.94. The van der Waals surface area contributed by atoms with Crippen molar-refractivity contribution in [2.45, 2.75) is 41.5 Å². The van der Waals surface area contributed by atoms with E-state index in [1.165, 1.54) is 16.6 Å².